The van der Waals surface area contributed by atoms with E-state index in [1.54, 1.807) is 54.6 Å². The lowest BCUT2D eigenvalue weighted by Crippen LogP contribution is -2.00. The maximum absolute atomic E-state index is 11.6. The van der Waals surface area contributed by atoms with Gasteiger partial charge in [-0.2, -0.15) is 4.40 Å². The van der Waals surface area contributed by atoms with Gasteiger partial charge >= 0.3 is 0 Å². The summed E-state index contributed by atoms with van der Waals surface area (Å²) in [6, 6.07) is 8.96. The Hall–Kier alpha value is -1.94. The minimum Gasteiger partial charge on any atom is -0.204 e. The smallest absolute Gasteiger partial charge is 0.204 e. The second-order valence-corrected chi connectivity index (χ2v) is 5.14. The van der Waals surface area contributed by atoms with Crippen LogP contribution in [0.5, 0.6) is 0 Å². The molecule has 0 unspecified atom stereocenters. The molecule has 0 atom stereocenters. The van der Waals surface area contributed by atoms with Gasteiger partial charge in [-0.3, -0.25) is 0 Å². The number of nitrogens with zero attached hydrogens (tertiary/aromatic N) is 1. The van der Waals surface area contributed by atoms with Crippen LogP contribution in [0.15, 0.2) is 71.7 Å². The van der Waals surface area contributed by atoms with Crippen molar-refractivity contribution in [2.45, 2.75) is 5.75 Å². The first-order valence-electron chi connectivity index (χ1n) is 5.40. The van der Waals surface area contributed by atoms with E-state index in [0.717, 1.165) is 5.56 Å². The first-order chi connectivity index (χ1) is 8.64. The van der Waals surface area contributed by atoms with E-state index in [0.29, 0.717) is 0 Å². The van der Waals surface area contributed by atoms with Gasteiger partial charge in [-0.1, -0.05) is 61.2 Å². The maximum atomic E-state index is 11.6. The quantitative estimate of drug-likeness (QED) is 0.584. The molecule has 0 heterocycles. The molecule has 0 aliphatic rings. The molecule has 0 fully saturated rings. The lowest BCUT2D eigenvalue weighted by atomic mass is 10.2. The molecule has 1 aromatic rings. The fourth-order valence-electron chi connectivity index (χ4n) is 1.21. The summed E-state index contributed by atoms with van der Waals surface area (Å²) in [5.74, 6) is -0.0827. The molecule has 0 spiro atoms. The molecule has 1 aromatic carbocycles. The molecule has 0 amide bonds. The molecule has 0 aliphatic carbocycles. The molecule has 18 heavy (non-hydrogen) atoms. The molecule has 94 valence electrons. The third kappa shape index (κ3) is 5.96. The summed E-state index contributed by atoms with van der Waals surface area (Å²) in [7, 11) is -3.45. The predicted octanol–water partition coefficient (Wildman–Crippen LogP) is 2.89. The highest BCUT2D eigenvalue weighted by Crippen LogP contribution is 2.06. The van der Waals surface area contributed by atoms with Gasteiger partial charge in [-0.25, -0.2) is 8.42 Å². The standard InChI is InChI=1S/C14H15NO2S/c1-2-3-4-5-9-12-15-18(16,17)13-14-10-7-6-8-11-14/h2-12H,1,13H2/b4-3-,9-5-,15-12+. The van der Waals surface area contributed by atoms with E-state index in [2.05, 4.69) is 11.0 Å². The van der Waals surface area contributed by atoms with Crippen molar-refractivity contribution in [3.63, 3.8) is 0 Å². The first-order valence-corrected chi connectivity index (χ1v) is 7.01. The van der Waals surface area contributed by atoms with Crippen molar-refractivity contribution >= 4 is 16.2 Å². The topological polar surface area (TPSA) is 46.5 Å². The molecule has 0 bridgehead atoms. The summed E-state index contributed by atoms with van der Waals surface area (Å²) in [4.78, 5) is 0. The van der Waals surface area contributed by atoms with Crippen molar-refractivity contribution in [1.82, 2.24) is 0 Å². The zero-order chi connectivity index (χ0) is 13.3. The van der Waals surface area contributed by atoms with Gasteiger partial charge in [-0.05, 0) is 11.6 Å². The van der Waals surface area contributed by atoms with Gasteiger partial charge in [0, 0.05) is 6.21 Å². The van der Waals surface area contributed by atoms with Crippen molar-refractivity contribution in [1.29, 1.82) is 0 Å². The van der Waals surface area contributed by atoms with Crippen LogP contribution in [-0.2, 0) is 15.8 Å². The van der Waals surface area contributed by atoms with Gasteiger partial charge in [0.05, 0.1) is 5.75 Å². The number of rotatable bonds is 6. The number of allylic oxidation sites excluding steroid dienone is 5. The highest BCUT2D eigenvalue weighted by Gasteiger charge is 2.07. The number of hydrogen-bond donors (Lipinski definition) is 0. The molecule has 0 radical (unpaired) electrons. The third-order valence-corrected chi connectivity index (χ3v) is 3.11. The van der Waals surface area contributed by atoms with Crippen LogP contribution in [0.2, 0.25) is 0 Å². The van der Waals surface area contributed by atoms with E-state index in [1.165, 1.54) is 6.21 Å². The van der Waals surface area contributed by atoms with Crippen molar-refractivity contribution in [2.24, 2.45) is 4.40 Å². The fraction of sp³-hybridized carbons (Fsp3) is 0.0714. The van der Waals surface area contributed by atoms with Gasteiger partial charge in [0.15, 0.2) is 0 Å². The first kappa shape index (κ1) is 14.1. The molecule has 3 nitrogen and oxygen atoms in total. The van der Waals surface area contributed by atoms with Gasteiger partial charge in [0.2, 0.25) is 0 Å². The van der Waals surface area contributed by atoms with Crippen molar-refractivity contribution < 1.29 is 8.42 Å². The minimum absolute atomic E-state index is 0.0827. The normalized spacial score (nSPS) is 12.7. The molecular weight excluding hydrogens is 246 g/mol. The van der Waals surface area contributed by atoms with Crippen LogP contribution < -0.4 is 0 Å². The molecule has 0 aliphatic heterocycles. The Labute approximate surface area is 108 Å². The van der Waals surface area contributed by atoms with E-state index < -0.39 is 10.0 Å². The van der Waals surface area contributed by atoms with Gasteiger partial charge in [0.1, 0.15) is 0 Å². The Balaban J connectivity index is 2.60. The molecule has 1 rings (SSSR count). The molecular formula is C14H15NO2S. The van der Waals surface area contributed by atoms with E-state index in [-0.39, 0.29) is 5.75 Å². The third-order valence-electron chi connectivity index (χ3n) is 1.97. The Morgan fingerprint density at radius 1 is 1.06 bits per heavy atom. The fourth-order valence-corrected chi connectivity index (χ4v) is 2.15. The SMILES string of the molecule is C=C\C=C/C=C\C=N\S(=O)(=O)Cc1ccccc1. The van der Waals surface area contributed by atoms with Gasteiger partial charge < -0.3 is 0 Å². The summed E-state index contributed by atoms with van der Waals surface area (Å²) in [5.41, 5.74) is 0.727. The Bertz CT molecular complexity index is 555. The van der Waals surface area contributed by atoms with Crippen LogP contribution >= 0.6 is 0 Å². The van der Waals surface area contributed by atoms with Crippen LogP contribution in [0.3, 0.4) is 0 Å². The van der Waals surface area contributed by atoms with Crippen LogP contribution in [0.1, 0.15) is 5.56 Å². The van der Waals surface area contributed by atoms with Crippen LogP contribution in [-0.4, -0.2) is 14.6 Å². The lowest BCUT2D eigenvalue weighted by molar-refractivity contribution is 0.597. The lowest BCUT2D eigenvalue weighted by Gasteiger charge is -1.97. The molecule has 4 heteroatoms. The number of sulfonamides is 1. The predicted molar refractivity (Wildman–Crippen MR) is 76.0 cm³/mol. The summed E-state index contributed by atoms with van der Waals surface area (Å²) in [6.07, 6.45) is 9.62. The van der Waals surface area contributed by atoms with Crippen molar-refractivity contribution in [3.8, 4) is 0 Å². The molecule has 0 aromatic heterocycles. The monoisotopic (exact) mass is 261 g/mol. The second kappa shape index (κ2) is 7.40. The molecule has 0 saturated carbocycles. The zero-order valence-corrected chi connectivity index (χ0v) is 10.8. The Morgan fingerprint density at radius 3 is 2.39 bits per heavy atom. The summed E-state index contributed by atoms with van der Waals surface area (Å²) in [6.45, 7) is 3.51. The number of hydrogen-bond acceptors (Lipinski definition) is 2. The summed E-state index contributed by atoms with van der Waals surface area (Å²) < 4.78 is 26.8. The summed E-state index contributed by atoms with van der Waals surface area (Å²) in [5, 5.41) is 0. The molecule has 0 N–H and O–H groups in total. The van der Waals surface area contributed by atoms with Crippen molar-refractivity contribution in [3.05, 3.63) is 72.9 Å². The Kier molecular flexibility index (Phi) is 5.80. The van der Waals surface area contributed by atoms with Crippen molar-refractivity contribution in [2.75, 3.05) is 0 Å². The van der Waals surface area contributed by atoms with Gasteiger partial charge in [0.25, 0.3) is 10.0 Å². The van der Waals surface area contributed by atoms with Crippen LogP contribution in [0, 0.1) is 0 Å². The molecule has 0 saturated heterocycles. The van der Waals surface area contributed by atoms with Gasteiger partial charge in [-0.15, -0.1) is 0 Å². The average Bonchev–Trinajstić information content (AvgIpc) is 2.34. The highest BCUT2D eigenvalue weighted by molar-refractivity contribution is 7.89. The van der Waals surface area contributed by atoms with E-state index in [4.69, 9.17) is 0 Å². The Morgan fingerprint density at radius 2 is 1.72 bits per heavy atom. The average molecular weight is 261 g/mol. The van der Waals surface area contributed by atoms with E-state index in [1.807, 2.05) is 6.07 Å². The van der Waals surface area contributed by atoms with Crippen LogP contribution in [0.4, 0.5) is 0 Å². The second-order valence-electron chi connectivity index (χ2n) is 3.47. The number of benzene rings is 1. The minimum atomic E-state index is -3.45. The van der Waals surface area contributed by atoms with E-state index >= 15 is 0 Å². The largest absolute Gasteiger partial charge is 0.257 e. The maximum Gasteiger partial charge on any atom is 0.257 e. The van der Waals surface area contributed by atoms with Crippen LogP contribution in [0.25, 0.3) is 0 Å². The van der Waals surface area contributed by atoms with E-state index in [9.17, 15) is 8.42 Å². The summed E-state index contributed by atoms with van der Waals surface area (Å²) >= 11 is 0. The zero-order valence-electron chi connectivity index (χ0n) is 9.94. The highest BCUT2D eigenvalue weighted by atomic mass is 32.2.